The molecule has 4 rings (SSSR count). The standard InChI is InChI=1S/C15H12N4O3/c20-9-6-4-8(5-7-9)14-18-19-15(22-14)13-12-10(16-17-13)2-1-3-11(12)21/h4-7,20H,1-3H2,(H,16,17). The molecule has 0 saturated heterocycles. The number of hydrogen-bond donors (Lipinski definition) is 2. The average molecular weight is 296 g/mol. The van der Waals surface area contributed by atoms with Crippen LogP contribution in [0.4, 0.5) is 0 Å². The van der Waals surface area contributed by atoms with Gasteiger partial charge in [-0.2, -0.15) is 5.10 Å². The minimum absolute atomic E-state index is 0.0504. The monoisotopic (exact) mass is 296 g/mol. The van der Waals surface area contributed by atoms with Gasteiger partial charge in [0.2, 0.25) is 5.89 Å². The normalized spacial score (nSPS) is 14.1. The molecule has 0 spiro atoms. The Labute approximate surface area is 125 Å². The fourth-order valence-electron chi connectivity index (χ4n) is 2.60. The molecule has 1 aliphatic carbocycles. The minimum atomic E-state index is 0.0504. The summed E-state index contributed by atoms with van der Waals surface area (Å²) >= 11 is 0. The Kier molecular flexibility index (Phi) is 2.78. The highest BCUT2D eigenvalue weighted by Gasteiger charge is 2.27. The number of aromatic hydroxyl groups is 1. The molecule has 7 nitrogen and oxygen atoms in total. The molecule has 0 aliphatic heterocycles. The van der Waals surface area contributed by atoms with Crippen LogP contribution in [-0.4, -0.2) is 31.3 Å². The van der Waals surface area contributed by atoms with Crippen LogP contribution >= 0.6 is 0 Å². The lowest BCUT2D eigenvalue weighted by Gasteiger charge is -2.08. The van der Waals surface area contributed by atoms with E-state index in [2.05, 4.69) is 20.4 Å². The Balaban J connectivity index is 1.75. The third-order valence-electron chi connectivity index (χ3n) is 3.69. The first kappa shape index (κ1) is 12.8. The van der Waals surface area contributed by atoms with Gasteiger partial charge in [0.15, 0.2) is 11.5 Å². The molecule has 0 amide bonds. The molecular formula is C15H12N4O3. The number of benzene rings is 1. The topological polar surface area (TPSA) is 105 Å². The highest BCUT2D eigenvalue weighted by molar-refractivity contribution is 6.02. The lowest BCUT2D eigenvalue weighted by Crippen LogP contribution is -2.10. The van der Waals surface area contributed by atoms with Gasteiger partial charge in [0.25, 0.3) is 5.89 Å². The number of aromatic amines is 1. The summed E-state index contributed by atoms with van der Waals surface area (Å²) in [4.78, 5) is 12.1. The quantitative estimate of drug-likeness (QED) is 0.752. The summed E-state index contributed by atoms with van der Waals surface area (Å²) in [5.74, 6) is 0.746. The number of nitrogens with zero attached hydrogens (tertiary/aromatic N) is 3. The first-order valence-corrected chi connectivity index (χ1v) is 6.96. The summed E-state index contributed by atoms with van der Waals surface area (Å²) in [7, 11) is 0. The van der Waals surface area contributed by atoms with Gasteiger partial charge in [-0.25, -0.2) is 0 Å². The molecular weight excluding hydrogens is 284 g/mol. The van der Waals surface area contributed by atoms with E-state index in [1.54, 1.807) is 24.3 Å². The number of aryl methyl sites for hydroxylation is 1. The third-order valence-corrected chi connectivity index (χ3v) is 3.69. The van der Waals surface area contributed by atoms with E-state index in [9.17, 15) is 9.90 Å². The van der Waals surface area contributed by atoms with E-state index in [0.717, 1.165) is 18.5 Å². The number of fused-ring (bicyclic) bond motifs is 1. The first-order valence-electron chi connectivity index (χ1n) is 6.96. The number of Topliss-reactive ketones (excluding diaryl/α,β-unsaturated/α-hetero) is 1. The van der Waals surface area contributed by atoms with Crippen molar-refractivity contribution in [3.63, 3.8) is 0 Å². The lowest BCUT2D eigenvalue weighted by atomic mass is 9.94. The van der Waals surface area contributed by atoms with Crippen molar-refractivity contribution in [2.45, 2.75) is 19.3 Å². The van der Waals surface area contributed by atoms with Gasteiger partial charge in [0.05, 0.1) is 5.56 Å². The number of carbonyl (C=O) groups is 1. The number of aromatic nitrogens is 4. The number of carbonyl (C=O) groups excluding carboxylic acids is 1. The number of ketones is 1. The van der Waals surface area contributed by atoms with E-state index < -0.39 is 0 Å². The summed E-state index contributed by atoms with van der Waals surface area (Å²) in [6.07, 6.45) is 2.14. The minimum Gasteiger partial charge on any atom is -0.508 e. The number of rotatable bonds is 2. The molecule has 1 aromatic carbocycles. The van der Waals surface area contributed by atoms with Crippen LogP contribution in [-0.2, 0) is 6.42 Å². The summed E-state index contributed by atoms with van der Waals surface area (Å²) in [6, 6.07) is 6.44. The van der Waals surface area contributed by atoms with E-state index >= 15 is 0 Å². The molecule has 0 bridgehead atoms. The fraction of sp³-hybridized carbons (Fsp3) is 0.200. The van der Waals surface area contributed by atoms with Gasteiger partial charge < -0.3 is 9.52 Å². The zero-order valence-corrected chi connectivity index (χ0v) is 11.5. The molecule has 2 aromatic heterocycles. The molecule has 0 fully saturated rings. The lowest BCUT2D eigenvalue weighted by molar-refractivity contribution is 0.0973. The molecule has 1 aliphatic rings. The summed E-state index contributed by atoms with van der Waals surface area (Å²) in [6.45, 7) is 0. The van der Waals surface area contributed by atoms with Crippen LogP contribution in [0.1, 0.15) is 28.9 Å². The SMILES string of the molecule is O=C1CCCc2[nH]nc(-c3nnc(-c4ccc(O)cc4)o3)c21. The van der Waals surface area contributed by atoms with E-state index in [0.29, 0.717) is 29.1 Å². The second kappa shape index (κ2) is 4.80. The number of phenols is 1. The van der Waals surface area contributed by atoms with Crippen LogP contribution in [0.5, 0.6) is 5.75 Å². The Morgan fingerprint density at radius 1 is 1.09 bits per heavy atom. The van der Waals surface area contributed by atoms with Gasteiger partial charge in [-0.05, 0) is 37.1 Å². The first-order chi connectivity index (χ1) is 10.7. The molecule has 2 N–H and O–H groups in total. The Hall–Kier alpha value is -2.96. The van der Waals surface area contributed by atoms with Crippen molar-refractivity contribution in [2.24, 2.45) is 0 Å². The predicted octanol–water partition coefficient (Wildman–Crippen LogP) is 2.35. The Morgan fingerprint density at radius 3 is 2.68 bits per heavy atom. The zero-order chi connectivity index (χ0) is 15.1. The van der Waals surface area contributed by atoms with Gasteiger partial charge in [0.1, 0.15) is 5.75 Å². The van der Waals surface area contributed by atoms with Crippen molar-refractivity contribution in [1.82, 2.24) is 20.4 Å². The maximum atomic E-state index is 12.1. The Morgan fingerprint density at radius 2 is 1.86 bits per heavy atom. The molecule has 3 aromatic rings. The van der Waals surface area contributed by atoms with E-state index in [1.165, 1.54) is 0 Å². The van der Waals surface area contributed by atoms with Crippen LogP contribution in [0.3, 0.4) is 0 Å². The van der Waals surface area contributed by atoms with Gasteiger partial charge in [-0.3, -0.25) is 9.89 Å². The summed E-state index contributed by atoms with van der Waals surface area (Å²) in [5.41, 5.74) is 2.49. The van der Waals surface area contributed by atoms with Crippen LogP contribution < -0.4 is 0 Å². The summed E-state index contributed by atoms with van der Waals surface area (Å²) in [5, 5.41) is 24.3. The second-order valence-electron chi connectivity index (χ2n) is 5.16. The molecule has 110 valence electrons. The molecule has 22 heavy (non-hydrogen) atoms. The van der Waals surface area contributed by atoms with Crippen molar-refractivity contribution in [2.75, 3.05) is 0 Å². The zero-order valence-electron chi connectivity index (χ0n) is 11.5. The molecule has 0 atom stereocenters. The number of H-pyrrole nitrogens is 1. The molecule has 7 heteroatoms. The van der Waals surface area contributed by atoms with Crippen molar-refractivity contribution in [1.29, 1.82) is 0 Å². The van der Waals surface area contributed by atoms with E-state index in [1.807, 2.05) is 0 Å². The highest BCUT2D eigenvalue weighted by atomic mass is 16.4. The second-order valence-corrected chi connectivity index (χ2v) is 5.16. The van der Waals surface area contributed by atoms with Gasteiger partial charge >= 0.3 is 0 Å². The molecule has 0 radical (unpaired) electrons. The third kappa shape index (κ3) is 1.98. The predicted molar refractivity (Wildman–Crippen MR) is 76.2 cm³/mol. The maximum Gasteiger partial charge on any atom is 0.269 e. The molecule has 0 unspecified atom stereocenters. The fourth-order valence-corrected chi connectivity index (χ4v) is 2.60. The maximum absolute atomic E-state index is 12.1. The van der Waals surface area contributed by atoms with Gasteiger partial charge in [-0.15, -0.1) is 10.2 Å². The Bertz CT molecular complexity index is 848. The van der Waals surface area contributed by atoms with Gasteiger partial charge in [0, 0.05) is 17.7 Å². The van der Waals surface area contributed by atoms with Crippen LogP contribution in [0.15, 0.2) is 28.7 Å². The van der Waals surface area contributed by atoms with Crippen LogP contribution in [0.2, 0.25) is 0 Å². The number of hydrogen-bond acceptors (Lipinski definition) is 6. The van der Waals surface area contributed by atoms with Crippen molar-refractivity contribution in [3.05, 3.63) is 35.5 Å². The van der Waals surface area contributed by atoms with Crippen LogP contribution in [0.25, 0.3) is 23.0 Å². The largest absolute Gasteiger partial charge is 0.508 e. The van der Waals surface area contributed by atoms with Crippen LogP contribution in [0, 0.1) is 0 Å². The van der Waals surface area contributed by atoms with E-state index in [4.69, 9.17) is 4.42 Å². The van der Waals surface area contributed by atoms with Gasteiger partial charge in [-0.1, -0.05) is 0 Å². The highest BCUT2D eigenvalue weighted by Crippen LogP contribution is 2.30. The average Bonchev–Trinajstić information content (AvgIpc) is 3.15. The molecule has 2 heterocycles. The number of nitrogens with one attached hydrogen (secondary N) is 1. The summed E-state index contributed by atoms with van der Waals surface area (Å²) < 4.78 is 5.63. The van der Waals surface area contributed by atoms with E-state index in [-0.39, 0.29) is 17.4 Å². The smallest absolute Gasteiger partial charge is 0.269 e. The molecule has 0 saturated carbocycles. The number of phenolic OH excluding ortho intramolecular Hbond substituents is 1. The van der Waals surface area contributed by atoms with Crippen molar-refractivity contribution >= 4 is 5.78 Å². The van der Waals surface area contributed by atoms with Crippen molar-refractivity contribution in [3.8, 4) is 28.8 Å². The van der Waals surface area contributed by atoms with Crippen molar-refractivity contribution < 1.29 is 14.3 Å².